The number of para-hydroxylation sites is 1. The molecule has 178 valence electrons. The van der Waals surface area contributed by atoms with Crippen LogP contribution in [0, 0.1) is 0 Å². The minimum absolute atomic E-state index is 0.209. The van der Waals surface area contributed by atoms with E-state index in [1.54, 1.807) is 0 Å². The first-order chi connectivity index (χ1) is 17.0. The Labute approximate surface area is 206 Å². The molecule has 0 unspecified atom stereocenters. The molecule has 2 heterocycles. The normalized spacial score (nSPS) is 19.1. The smallest absolute Gasteiger partial charge is 0.161 e. The summed E-state index contributed by atoms with van der Waals surface area (Å²) >= 11 is 0. The predicted molar refractivity (Wildman–Crippen MR) is 139 cm³/mol. The average Bonchev–Trinajstić information content (AvgIpc) is 3.25. The van der Waals surface area contributed by atoms with Crippen LogP contribution < -0.4 is 0 Å². The highest BCUT2D eigenvalue weighted by molar-refractivity contribution is 6.07. The van der Waals surface area contributed by atoms with Crippen molar-refractivity contribution in [2.45, 2.75) is 70.9 Å². The van der Waals surface area contributed by atoms with E-state index in [2.05, 4.69) is 78.0 Å². The molecule has 0 saturated carbocycles. The molecule has 0 bridgehead atoms. The van der Waals surface area contributed by atoms with Crippen LogP contribution in [0.1, 0.15) is 75.5 Å². The number of aromatic nitrogens is 1. The van der Waals surface area contributed by atoms with Crippen LogP contribution in [-0.2, 0) is 16.1 Å². The number of benzene rings is 2. The lowest BCUT2D eigenvalue weighted by Gasteiger charge is -2.44. The second-order valence-corrected chi connectivity index (χ2v) is 10.4. The van der Waals surface area contributed by atoms with Gasteiger partial charge in [0, 0.05) is 71.0 Å². The molecule has 3 aromatic rings. The number of allylic oxidation sites excluding steroid dienone is 4. The van der Waals surface area contributed by atoms with Gasteiger partial charge in [0.15, 0.2) is 11.6 Å². The molecule has 0 fully saturated rings. The lowest BCUT2D eigenvalue weighted by molar-refractivity contribution is -0.117. The van der Waals surface area contributed by atoms with Crippen LogP contribution in [0.4, 0.5) is 0 Å². The number of hydrogen-bond donors (Lipinski definition) is 0. The van der Waals surface area contributed by atoms with Crippen molar-refractivity contribution in [3.8, 4) is 0 Å². The zero-order chi connectivity index (χ0) is 24.1. The third-order valence-electron chi connectivity index (χ3n) is 7.91. The molecule has 0 radical (unpaired) electrons. The van der Waals surface area contributed by atoms with Gasteiger partial charge in [-0.3, -0.25) is 9.59 Å². The van der Waals surface area contributed by atoms with Gasteiger partial charge in [-0.15, -0.1) is 0 Å². The van der Waals surface area contributed by atoms with Crippen LogP contribution >= 0.6 is 0 Å². The Kier molecular flexibility index (Phi) is 5.47. The van der Waals surface area contributed by atoms with Crippen LogP contribution in [-0.4, -0.2) is 21.0 Å². The first-order valence-electron chi connectivity index (χ1n) is 13.0. The van der Waals surface area contributed by atoms with Gasteiger partial charge < -0.3 is 9.47 Å². The molecule has 35 heavy (non-hydrogen) atoms. The van der Waals surface area contributed by atoms with Crippen molar-refractivity contribution in [3.05, 3.63) is 94.5 Å². The summed E-state index contributed by atoms with van der Waals surface area (Å²) in [5.41, 5.74) is 7.51. The van der Waals surface area contributed by atoms with E-state index in [-0.39, 0.29) is 23.5 Å². The summed E-state index contributed by atoms with van der Waals surface area (Å²) in [6, 6.07) is 19.2. The lowest BCUT2D eigenvalue weighted by atomic mass is 9.71. The summed E-state index contributed by atoms with van der Waals surface area (Å²) in [5.74, 6) is 0.152. The van der Waals surface area contributed by atoms with Crippen LogP contribution in [0.15, 0.2) is 83.3 Å². The van der Waals surface area contributed by atoms with Gasteiger partial charge in [-0.1, -0.05) is 48.5 Å². The molecule has 1 aliphatic heterocycles. The van der Waals surface area contributed by atoms with Crippen LogP contribution in [0.2, 0.25) is 0 Å². The molecule has 0 atom stereocenters. The maximum Gasteiger partial charge on any atom is 0.161 e. The van der Waals surface area contributed by atoms with E-state index in [4.69, 9.17) is 0 Å². The topological polar surface area (TPSA) is 42.3 Å². The second kappa shape index (κ2) is 8.67. The first-order valence-corrected chi connectivity index (χ1v) is 13.0. The number of rotatable bonds is 4. The molecule has 2 aliphatic carbocycles. The first kappa shape index (κ1) is 22.1. The van der Waals surface area contributed by atoms with E-state index in [0.29, 0.717) is 19.4 Å². The second-order valence-electron chi connectivity index (χ2n) is 10.4. The fraction of sp³-hybridized carbons (Fsp3) is 0.355. The van der Waals surface area contributed by atoms with E-state index in [0.717, 1.165) is 59.2 Å². The van der Waals surface area contributed by atoms with Gasteiger partial charge in [-0.05, 0) is 56.7 Å². The van der Waals surface area contributed by atoms with Gasteiger partial charge in [0.05, 0.1) is 0 Å². The summed E-state index contributed by atoms with van der Waals surface area (Å²) in [6.07, 6.45) is 6.87. The lowest BCUT2D eigenvalue weighted by Crippen LogP contribution is -2.38. The number of carbonyl (C=O) groups excluding carboxylic acids is 2. The number of carbonyl (C=O) groups is 2. The molecule has 1 aromatic heterocycles. The maximum absolute atomic E-state index is 13.6. The molecule has 0 N–H and O–H groups in total. The number of ketones is 2. The quantitative estimate of drug-likeness (QED) is 0.425. The van der Waals surface area contributed by atoms with Crippen LogP contribution in [0.5, 0.6) is 0 Å². The van der Waals surface area contributed by atoms with Gasteiger partial charge in [0.1, 0.15) is 0 Å². The Bertz CT molecular complexity index is 1350. The number of nitrogens with zero attached hydrogens (tertiary/aromatic N) is 2. The fourth-order valence-corrected chi connectivity index (χ4v) is 6.37. The Morgan fingerprint density at radius 1 is 0.800 bits per heavy atom. The molecular weight excluding hydrogens is 432 g/mol. The van der Waals surface area contributed by atoms with Crippen molar-refractivity contribution in [1.29, 1.82) is 0 Å². The van der Waals surface area contributed by atoms with Crippen molar-refractivity contribution < 1.29 is 9.59 Å². The maximum atomic E-state index is 13.6. The molecule has 0 amide bonds. The molecule has 6 rings (SSSR count). The average molecular weight is 465 g/mol. The highest BCUT2D eigenvalue weighted by Crippen LogP contribution is 2.51. The van der Waals surface area contributed by atoms with Gasteiger partial charge in [0.2, 0.25) is 0 Å². The van der Waals surface area contributed by atoms with Crippen molar-refractivity contribution >= 4 is 22.5 Å². The van der Waals surface area contributed by atoms with E-state index in [9.17, 15) is 9.59 Å². The molecule has 4 heteroatoms. The van der Waals surface area contributed by atoms with Gasteiger partial charge in [-0.25, -0.2) is 0 Å². The van der Waals surface area contributed by atoms with Crippen LogP contribution in [0.25, 0.3) is 10.9 Å². The van der Waals surface area contributed by atoms with Gasteiger partial charge in [-0.2, -0.15) is 0 Å². The number of Topliss-reactive ketones (excluding diaryl/α,β-unsaturated/α-hetero) is 2. The fourth-order valence-electron chi connectivity index (χ4n) is 6.37. The van der Waals surface area contributed by atoms with Crippen molar-refractivity contribution in [2.75, 3.05) is 0 Å². The van der Waals surface area contributed by atoms with Gasteiger partial charge >= 0.3 is 0 Å². The molecule has 4 nitrogen and oxygen atoms in total. The summed E-state index contributed by atoms with van der Waals surface area (Å²) in [5, 5.41) is 1.15. The molecule has 0 spiro atoms. The third-order valence-corrected chi connectivity index (χ3v) is 7.91. The summed E-state index contributed by atoms with van der Waals surface area (Å²) in [4.78, 5) is 29.6. The summed E-state index contributed by atoms with van der Waals surface area (Å²) in [6.45, 7) is 5.08. The van der Waals surface area contributed by atoms with Gasteiger partial charge in [0.25, 0.3) is 0 Å². The molecular formula is C31H32N2O2. The van der Waals surface area contributed by atoms with Crippen molar-refractivity contribution in [2.24, 2.45) is 0 Å². The van der Waals surface area contributed by atoms with E-state index < -0.39 is 0 Å². The molecule has 3 aliphatic rings. The Hall–Kier alpha value is -3.40. The van der Waals surface area contributed by atoms with E-state index in [1.165, 1.54) is 11.1 Å². The number of fused-ring (bicyclic) bond motifs is 1. The zero-order valence-electron chi connectivity index (χ0n) is 20.6. The Balaban J connectivity index is 1.61. The van der Waals surface area contributed by atoms with E-state index >= 15 is 0 Å². The van der Waals surface area contributed by atoms with Crippen molar-refractivity contribution in [1.82, 2.24) is 9.47 Å². The standard InChI is InChI=1S/C31H32N2O2/c1-20(2)32-19-23(22-12-6-7-13-24(22)32)29-30-25(14-8-16-27(30)34)33(18-21-10-4-3-5-11-21)26-15-9-17-28(35)31(26)29/h3-7,10-13,19-20,29H,8-9,14-18H2,1-2H3. The zero-order valence-corrected chi connectivity index (χ0v) is 20.6. The summed E-state index contributed by atoms with van der Waals surface area (Å²) in [7, 11) is 0. The van der Waals surface area contributed by atoms with Crippen molar-refractivity contribution in [3.63, 3.8) is 0 Å². The Morgan fingerprint density at radius 3 is 2.03 bits per heavy atom. The third kappa shape index (κ3) is 3.58. The number of hydrogen-bond acceptors (Lipinski definition) is 3. The van der Waals surface area contributed by atoms with E-state index in [1.807, 2.05) is 6.07 Å². The van der Waals surface area contributed by atoms with Crippen LogP contribution in [0.3, 0.4) is 0 Å². The predicted octanol–water partition coefficient (Wildman–Crippen LogP) is 6.84. The largest absolute Gasteiger partial charge is 0.345 e. The molecule has 0 saturated heterocycles. The SMILES string of the molecule is CC(C)n1cc(C2C3=C(CCCC3=O)N(Cc3ccccc3)C3=C2C(=O)CCC3)c2ccccc21. The Morgan fingerprint density at radius 2 is 1.40 bits per heavy atom. The minimum atomic E-state index is -0.266. The summed E-state index contributed by atoms with van der Waals surface area (Å²) < 4.78 is 2.29. The molecule has 2 aromatic carbocycles. The highest BCUT2D eigenvalue weighted by Gasteiger charge is 2.44. The minimum Gasteiger partial charge on any atom is -0.345 e. The monoisotopic (exact) mass is 464 g/mol. The highest BCUT2D eigenvalue weighted by atomic mass is 16.1.